The van der Waals surface area contributed by atoms with Crippen molar-refractivity contribution in [2.45, 2.75) is 0 Å². The largest absolute Gasteiger partial charge is 0.369 e. The third-order valence-electron chi connectivity index (χ3n) is 5.28. The van der Waals surface area contributed by atoms with Crippen LogP contribution in [0.3, 0.4) is 0 Å². The summed E-state index contributed by atoms with van der Waals surface area (Å²) in [6, 6.07) is 24.6. The van der Waals surface area contributed by atoms with Crippen molar-refractivity contribution in [1.29, 1.82) is 0 Å². The molecular formula is C26H22Cl3N3O. The number of amides is 1. The molecular weight excluding hydrogens is 477 g/mol. The molecule has 0 unspecified atom stereocenters. The van der Waals surface area contributed by atoms with Crippen LogP contribution in [0.4, 0.5) is 11.4 Å². The standard InChI is InChI=1S/C26H22Cl3N3O/c27-12-14-32(15-13-28)21-9-7-20(8-10-21)30-26(33)23-17-25(18-4-2-1-3-5-18)31-24-11-6-19(29)16-22(23)24/h1-11,16-17H,12-15H2,(H,30,33). The number of carbonyl (C=O) groups excluding carboxylic acids is 1. The van der Waals surface area contributed by atoms with Crippen molar-refractivity contribution >= 4 is 63.0 Å². The zero-order valence-corrected chi connectivity index (χ0v) is 20.0. The van der Waals surface area contributed by atoms with Crippen molar-refractivity contribution in [1.82, 2.24) is 4.98 Å². The van der Waals surface area contributed by atoms with E-state index in [-0.39, 0.29) is 5.91 Å². The lowest BCUT2D eigenvalue weighted by molar-refractivity contribution is 0.102. The van der Waals surface area contributed by atoms with Crippen LogP contribution >= 0.6 is 34.8 Å². The van der Waals surface area contributed by atoms with Gasteiger partial charge in [0.1, 0.15) is 0 Å². The number of hydrogen-bond acceptors (Lipinski definition) is 3. The summed E-state index contributed by atoms with van der Waals surface area (Å²) in [7, 11) is 0. The lowest BCUT2D eigenvalue weighted by Gasteiger charge is -2.23. The number of aromatic nitrogens is 1. The monoisotopic (exact) mass is 497 g/mol. The lowest BCUT2D eigenvalue weighted by Crippen LogP contribution is -2.27. The first kappa shape index (κ1) is 23.4. The van der Waals surface area contributed by atoms with Gasteiger partial charge in [0, 0.05) is 52.2 Å². The van der Waals surface area contributed by atoms with Crippen LogP contribution in [0.1, 0.15) is 10.4 Å². The number of carbonyl (C=O) groups is 1. The van der Waals surface area contributed by atoms with Crippen LogP contribution in [0.2, 0.25) is 5.02 Å². The molecule has 0 aliphatic carbocycles. The molecule has 1 amide bonds. The highest BCUT2D eigenvalue weighted by atomic mass is 35.5. The van der Waals surface area contributed by atoms with E-state index in [0.717, 1.165) is 16.9 Å². The average Bonchev–Trinajstić information content (AvgIpc) is 2.84. The van der Waals surface area contributed by atoms with Gasteiger partial charge in [-0.3, -0.25) is 4.79 Å². The van der Waals surface area contributed by atoms with E-state index in [2.05, 4.69) is 10.2 Å². The molecule has 0 fully saturated rings. The molecule has 33 heavy (non-hydrogen) atoms. The number of anilines is 2. The van der Waals surface area contributed by atoms with Gasteiger partial charge in [0.25, 0.3) is 5.91 Å². The molecule has 4 aromatic rings. The molecule has 1 heterocycles. The number of fused-ring (bicyclic) bond motifs is 1. The van der Waals surface area contributed by atoms with Gasteiger partial charge in [-0.2, -0.15) is 0 Å². The molecule has 3 aromatic carbocycles. The minimum absolute atomic E-state index is 0.229. The fourth-order valence-electron chi connectivity index (χ4n) is 3.67. The summed E-state index contributed by atoms with van der Waals surface area (Å²) >= 11 is 18.0. The molecule has 0 radical (unpaired) electrons. The lowest BCUT2D eigenvalue weighted by atomic mass is 10.0. The second-order valence-corrected chi connectivity index (χ2v) is 8.64. The van der Waals surface area contributed by atoms with E-state index < -0.39 is 0 Å². The summed E-state index contributed by atoms with van der Waals surface area (Å²) in [5.74, 6) is 0.793. The van der Waals surface area contributed by atoms with Gasteiger partial charge in [0.15, 0.2) is 0 Å². The van der Waals surface area contributed by atoms with Crippen LogP contribution in [0.25, 0.3) is 22.2 Å². The summed E-state index contributed by atoms with van der Waals surface area (Å²) in [6.07, 6.45) is 0. The first-order chi connectivity index (χ1) is 16.1. The number of halogens is 3. The van der Waals surface area contributed by atoms with Crippen molar-refractivity contribution in [3.05, 3.63) is 89.4 Å². The number of benzene rings is 3. The molecule has 0 spiro atoms. The number of pyridine rings is 1. The van der Waals surface area contributed by atoms with Crippen molar-refractivity contribution in [3.8, 4) is 11.3 Å². The van der Waals surface area contributed by atoms with Gasteiger partial charge >= 0.3 is 0 Å². The Morgan fingerprint density at radius 2 is 1.58 bits per heavy atom. The number of nitrogens with zero attached hydrogens (tertiary/aromatic N) is 2. The molecule has 0 bridgehead atoms. The number of alkyl halides is 2. The van der Waals surface area contributed by atoms with Gasteiger partial charge < -0.3 is 10.2 Å². The predicted octanol–water partition coefficient (Wildman–Crippen LogP) is 7.09. The van der Waals surface area contributed by atoms with Crippen LogP contribution in [0.15, 0.2) is 78.9 Å². The second-order valence-electron chi connectivity index (χ2n) is 7.45. The molecule has 0 saturated heterocycles. The van der Waals surface area contributed by atoms with Crippen molar-refractivity contribution in [2.75, 3.05) is 35.1 Å². The third kappa shape index (κ3) is 5.59. The molecule has 0 atom stereocenters. The van der Waals surface area contributed by atoms with Crippen LogP contribution in [0, 0.1) is 0 Å². The van der Waals surface area contributed by atoms with Gasteiger partial charge in [-0.1, -0.05) is 41.9 Å². The molecule has 1 N–H and O–H groups in total. The topological polar surface area (TPSA) is 45.2 Å². The van der Waals surface area contributed by atoms with Crippen molar-refractivity contribution < 1.29 is 4.79 Å². The van der Waals surface area contributed by atoms with Gasteiger partial charge in [-0.05, 0) is 48.5 Å². The third-order valence-corrected chi connectivity index (χ3v) is 5.86. The normalized spacial score (nSPS) is 10.9. The molecule has 0 aliphatic rings. The highest BCUT2D eigenvalue weighted by Gasteiger charge is 2.15. The van der Waals surface area contributed by atoms with Gasteiger partial charge in [0.05, 0.1) is 16.8 Å². The minimum Gasteiger partial charge on any atom is -0.369 e. The predicted molar refractivity (Wildman–Crippen MR) is 140 cm³/mol. The Morgan fingerprint density at radius 1 is 0.879 bits per heavy atom. The molecule has 4 nitrogen and oxygen atoms in total. The average molecular weight is 499 g/mol. The van der Waals surface area contributed by atoms with E-state index in [9.17, 15) is 4.79 Å². The summed E-state index contributed by atoms with van der Waals surface area (Å²) in [5.41, 5.74) is 4.57. The molecule has 168 valence electrons. The van der Waals surface area contributed by atoms with E-state index in [1.807, 2.05) is 60.7 Å². The van der Waals surface area contributed by atoms with Gasteiger partial charge in [-0.15, -0.1) is 23.2 Å². The van der Waals surface area contributed by atoms with E-state index in [0.29, 0.717) is 52.0 Å². The fraction of sp³-hybridized carbons (Fsp3) is 0.154. The maximum absolute atomic E-state index is 13.3. The van der Waals surface area contributed by atoms with Crippen molar-refractivity contribution in [3.63, 3.8) is 0 Å². The molecule has 1 aromatic heterocycles. The maximum Gasteiger partial charge on any atom is 0.256 e. The quantitative estimate of drug-likeness (QED) is 0.264. The number of rotatable bonds is 8. The number of nitrogens with one attached hydrogen (secondary N) is 1. The van der Waals surface area contributed by atoms with Crippen LogP contribution < -0.4 is 10.2 Å². The fourth-order valence-corrected chi connectivity index (χ4v) is 4.25. The van der Waals surface area contributed by atoms with E-state index in [1.165, 1.54) is 0 Å². The first-order valence-electron chi connectivity index (χ1n) is 10.5. The summed E-state index contributed by atoms with van der Waals surface area (Å²) < 4.78 is 0. The van der Waals surface area contributed by atoms with Crippen LogP contribution in [-0.4, -0.2) is 35.7 Å². The Labute approximate surface area is 208 Å². The van der Waals surface area contributed by atoms with Crippen LogP contribution in [-0.2, 0) is 0 Å². The highest BCUT2D eigenvalue weighted by molar-refractivity contribution is 6.31. The molecule has 4 rings (SSSR count). The molecule has 0 saturated carbocycles. The Morgan fingerprint density at radius 3 is 2.24 bits per heavy atom. The van der Waals surface area contributed by atoms with Gasteiger partial charge in [-0.25, -0.2) is 4.98 Å². The zero-order valence-electron chi connectivity index (χ0n) is 17.8. The van der Waals surface area contributed by atoms with Crippen LogP contribution in [0.5, 0.6) is 0 Å². The Hall–Kier alpha value is -2.79. The highest BCUT2D eigenvalue weighted by Crippen LogP contribution is 2.28. The zero-order chi connectivity index (χ0) is 23.2. The molecule has 0 aliphatic heterocycles. The number of hydrogen-bond donors (Lipinski definition) is 1. The maximum atomic E-state index is 13.3. The van der Waals surface area contributed by atoms with E-state index in [1.54, 1.807) is 18.2 Å². The Bertz CT molecular complexity index is 1240. The Balaban J connectivity index is 1.65. The SMILES string of the molecule is O=C(Nc1ccc(N(CCCl)CCCl)cc1)c1cc(-c2ccccc2)nc2ccc(Cl)cc12. The van der Waals surface area contributed by atoms with E-state index >= 15 is 0 Å². The van der Waals surface area contributed by atoms with Crippen molar-refractivity contribution in [2.24, 2.45) is 0 Å². The summed E-state index contributed by atoms with van der Waals surface area (Å²) in [6.45, 7) is 1.40. The summed E-state index contributed by atoms with van der Waals surface area (Å²) in [5, 5.41) is 4.25. The molecule has 7 heteroatoms. The summed E-state index contributed by atoms with van der Waals surface area (Å²) in [4.78, 5) is 20.2. The smallest absolute Gasteiger partial charge is 0.256 e. The van der Waals surface area contributed by atoms with Gasteiger partial charge in [0.2, 0.25) is 0 Å². The Kier molecular flexibility index (Phi) is 7.71. The first-order valence-corrected chi connectivity index (χ1v) is 12.0. The second kappa shape index (κ2) is 10.9. The minimum atomic E-state index is -0.229. The van der Waals surface area contributed by atoms with E-state index in [4.69, 9.17) is 39.8 Å².